The summed E-state index contributed by atoms with van der Waals surface area (Å²) in [5.41, 5.74) is 1.96. The first-order valence-electron chi connectivity index (χ1n) is 7.61. The molecule has 3 aromatic heterocycles. The van der Waals surface area contributed by atoms with E-state index in [1.165, 1.54) is 17.1 Å². The van der Waals surface area contributed by atoms with E-state index in [4.69, 9.17) is 4.42 Å². The Morgan fingerprint density at radius 1 is 1.24 bits per heavy atom. The Bertz CT molecular complexity index is 898. The Balaban J connectivity index is 1.55. The first kappa shape index (κ1) is 17.3. The van der Waals surface area contributed by atoms with Crippen LogP contribution in [0.3, 0.4) is 0 Å². The highest BCUT2D eigenvalue weighted by Crippen LogP contribution is 2.20. The van der Waals surface area contributed by atoms with Crippen LogP contribution in [0.2, 0.25) is 0 Å². The fourth-order valence-electron chi connectivity index (χ4n) is 2.36. The highest BCUT2D eigenvalue weighted by molar-refractivity contribution is 9.10. The lowest BCUT2D eigenvalue weighted by atomic mass is 10.4. The fraction of sp³-hybridized carbons (Fsp3) is 0.429. The quantitative estimate of drug-likeness (QED) is 0.433. The zero-order chi connectivity index (χ0) is 18.0. The van der Waals surface area contributed by atoms with Gasteiger partial charge < -0.3 is 4.42 Å². The third-order valence-electron chi connectivity index (χ3n) is 3.72. The van der Waals surface area contributed by atoms with Gasteiger partial charge in [0, 0.05) is 31.6 Å². The molecular formula is C14H16BrN7O3. The molecule has 0 aliphatic carbocycles. The number of hydrogen-bond donors (Lipinski definition) is 0. The summed E-state index contributed by atoms with van der Waals surface area (Å²) in [6.45, 7) is 5.01. The summed E-state index contributed by atoms with van der Waals surface area (Å²) < 4.78 is 9.99. The van der Waals surface area contributed by atoms with Gasteiger partial charge in [0.15, 0.2) is 0 Å². The van der Waals surface area contributed by atoms with E-state index in [2.05, 4.69) is 36.3 Å². The van der Waals surface area contributed by atoms with Crippen molar-refractivity contribution in [1.29, 1.82) is 0 Å². The van der Waals surface area contributed by atoms with Gasteiger partial charge in [-0.15, -0.1) is 10.2 Å². The smallest absolute Gasteiger partial charge is 0.306 e. The number of hydrogen-bond acceptors (Lipinski definition) is 7. The fourth-order valence-corrected chi connectivity index (χ4v) is 2.65. The number of aryl methyl sites for hydroxylation is 5. The molecule has 10 nitrogen and oxygen atoms in total. The van der Waals surface area contributed by atoms with Crippen molar-refractivity contribution in [2.24, 2.45) is 0 Å². The summed E-state index contributed by atoms with van der Waals surface area (Å²) in [5, 5.41) is 27.0. The molecule has 0 N–H and O–H groups in total. The Labute approximate surface area is 151 Å². The highest BCUT2D eigenvalue weighted by Gasteiger charge is 2.12. The molecule has 11 heteroatoms. The average molecular weight is 410 g/mol. The van der Waals surface area contributed by atoms with Crippen LogP contribution in [0.25, 0.3) is 0 Å². The number of rotatable bonds is 7. The third-order valence-corrected chi connectivity index (χ3v) is 4.87. The lowest BCUT2D eigenvalue weighted by Crippen LogP contribution is -2.05. The molecule has 0 atom stereocenters. The molecule has 0 bridgehead atoms. The van der Waals surface area contributed by atoms with Crippen molar-refractivity contribution >= 4 is 21.6 Å². The van der Waals surface area contributed by atoms with Gasteiger partial charge in [0.05, 0.1) is 15.1 Å². The molecular weight excluding hydrogens is 394 g/mol. The van der Waals surface area contributed by atoms with Crippen molar-refractivity contribution < 1.29 is 9.34 Å². The van der Waals surface area contributed by atoms with Gasteiger partial charge in [-0.25, -0.2) is 0 Å². The molecule has 132 valence electrons. The van der Waals surface area contributed by atoms with Crippen LogP contribution in [0.5, 0.6) is 0 Å². The van der Waals surface area contributed by atoms with Crippen molar-refractivity contribution in [3.63, 3.8) is 0 Å². The maximum Gasteiger partial charge on any atom is 0.306 e. The minimum absolute atomic E-state index is 0.0396. The van der Waals surface area contributed by atoms with E-state index < -0.39 is 4.92 Å². The predicted molar refractivity (Wildman–Crippen MR) is 90.0 cm³/mol. The molecule has 0 saturated carbocycles. The third kappa shape index (κ3) is 3.92. The topological polar surface area (TPSA) is 118 Å². The van der Waals surface area contributed by atoms with Crippen LogP contribution in [-0.4, -0.2) is 34.7 Å². The van der Waals surface area contributed by atoms with Crippen LogP contribution in [0, 0.1) is 24.0 Å². The molecule has 0 fully saturated rings. The normalized spacial score (nSPS) is 11.2. The van der Waals surface area contributed by atoms with Crippen LogP contribution in [-0.2, 0) is 25.9 Å². The maximum absolute atomic E-state index is 10.6. The SMILES string of the molecule is Cc1nn(CCc2nnc(CCn3cc([N+](=O)[O-])cn3)o2)c(C)c1Br. The lowest BCUT2D eigenvalue weighted by Gasteiger charge is -2.01. The molecule has 0 radical (unpaired) electrons. The molecule has 0 amide bonds. The first-order valence-corrected chi connectivity index (χ1v) is 8.41. The zero-order valence-corrected chi connectivity index (χ0v) is 15.3. The van der Waals surface area contributed by atoms with E-state index in [9.17, 15) is 10.1 Å². The van der Waals surface area contributed by atoms with Crippen molar-refractivity contribution in [1.82, 2.24) is 29.8 Å². The van der Waals surface area contributed by atoms with E-state index in [1.54, 1.807) is 0 Å². The Kier molecular flexibility index (Phi) is 4.93. The van der Waals surface area contributed by atoms with E-state index >= 15 is 0 Å². The highest BCUT2D eigenvalue weighted by atomic mass is 79.9. The Hall–Kier alpha value is -2.56. The summed E-state index contributed by atoms with van der Waals surface area (Å²) in [6.07, 6.45) is 3.62. The van der Waals surface area contributed by atoms with Gasteiger partial charge in [0.1, 0.15) is 12.4 Å². The molecule has 3 heterocycles. The summed E-state index contributed by atoms with van der Waals surface area (Å²) in [7, 11) is 0. The second-order valence-corrected chi connectivity index (χ2v) is 6.31. The first-order chi connectivity index (χ1) is 11.9. The molecule has 0 spiro atoms. The van der Waals surface area contributed by atoms with Crippen LogP contribution >= 0.6 is 15.9 Å². The van der Waals surface area contributed by atoms with Gasteiger partial charge in [-0.1, -0.05) is 0 Å². The summed E-state index contributed by atoms with van der Waals surface area (Å²) in [4.78, 5) is 10.1. The van der Waals surface area contributed by atoms with Gasteiger partial charge in [0.25, 0.3) is 0 Å². The number of halogens is 1. The van der Waals surface area contributed by atoms with Gasteiger partial charge in [0.2, 0.25) is 11.8 Å². The molecule has 0 aliphatic heterocycles. The summed E-state index contributed by atoms with van der Waals surface area (Å²) >= 11 is 3.50. The van der Waals surface area contributed by atoms with Crippen LogP contribution in [0.4, 0.5) is 5.69 Å². The second kappa shape index (κ2) is 7.13. The van der Waals surface area contributed by atoms with Crippen molar-refractivity contribution in [2.45, 2.75) is 39.8 Å². The molecule has 3 rings (SSSR count). The van der Waals surface area contributed by atoms with E-state index in [1.807, 2.05) is 18.5 Å². The van der Waals surface area contributed by atoms with Crippen LogP contribution in [0.15, 0.2) is 21.3 Å². The molecule has 3 aromatic rings. The minimum atomic E-state index is -0.481. The van der Waals surface area contributed by atoms with Gasteiger partial charge in [-0.3, -0.25) is 19.5 Å². The standard InChI is InChI=1S/C14H16BrN7O3/c1-9-14(15)10(2)21(19-9)6-4-13-18-17-12(25-13)3-5-20-8-11(7-16-20)22(23)24/h7-8H,3-6H2,1-2H3. The van der Waals surface area contributed by atoms with Crippen molar-refractivity contribution in [3.8, 4) is 0 Å². The summed E-state index contributed by atoms with van der Waals surface area (Å²) in [5.74, 6) is 1.01. The number of nitro groups is 1. The Morgan fingerprint density at radius 2 is 1.92 bits per heavy atom. The molecule has 0 saturated heterocycles. The van der Waals surface area contributed by atoms with Gasteiger partial charge >= 0.3 is 5.69 Å². The maximum atomic E-state index is 10.6. The monoisotopic (exact) mass is 409 g/mol. The average Bonchev–Trinajstić information content (AvgIpc) is 3.28. The second-order valence-electron chi connectivity index (χ2n) is 5.52. The predicted octanol–water partition coefficient (Wildman–Crippen LogP) is 2.24. The van der Waals surface area contributed by atoms with Gasteiger partial charge in [-0.2, -0.15) is 10.2 Å². The van der Waals surface area contributed by atoms with Crippen molar-refractivity contribution in [2.75, 3.05) is 0 Å². The minimum Gasteiger partial charge on any atom is -0.425 e. The molecule has 0 aliphatic rings. The zero-order valence-electron chi connectivity index (χ0n) is 13.7. The molecule has 25 heavy (non-hydrogen) atoms. The molecule has 0 unspecified atom stereocenters. The van der Waals surface area contributed by atoms with Crippen LogP contribution in [0.1, 0.15) is 23.2 Å². The van der Waals surface area contributed by atoms with Gasteiger partial charge in [-0.05, 0) is 29.8 Å². The molecule has 0 aromatic carbocycles. The lowest BCUT2D eigenvalue weighted by molar-refractivity contribution is -0.385. The number of nitrogens with zero attached hydrogens (tertiary/aromatic N) is 7. The van der Waals surface area contributed by atoms with E-state index in [0.29, 0.717) is 37.7 Å². The van der Waals surface area contributed by atoms with E-state index in [0.717, 1.165) is 15.9 Å². The Morgan fingerprint density at radius 3 is 2.48 bits per heavy atom. The summed E-state index contributed by atoms with van der Waals surface area (Å²) in [6, 6.07) is 0. The van der Waals surface area contributed by atoms with Crippen LogP contribution < -0.4 is 0 Å². The van der Waals surface area contributed by atoms with E-state index in [-0.39, 0.29) is 5.69 Å². The largest absolute Gasteiger partial charge is 0.425 e. The van der Waals surface area contributed by atoms with Crippen molar-refractivity contribution in [3.05, 3.63) is 50.2 Å². The number of aromatic nitrogens is 6.